The van der Waals surface area contributed by atoms with Crippen LogP contribution in [0.25, 0.3) is 0 Å². The van der Waals surface area contributed by atoms with Crippen LogP contribution in [0.5, 0.6) is 0 Å². The van der Waals surface area contributed by atoms with Gasteiger partial charge >= 0.3 is 0 Å². The van der Waals surface area contributed by atoms with Crippen LogP contribution >= 0.6 is 23.1 Å². The number of nitrogens with zero attached hydrogens (tertiary/aromatic N) is 5. The van der Waals surface area contributed by atoms with Gasteiger partial charge in [0.15, 0.2) is 5.16 Å². The second kappa shape index (κ2) is 6.85. The number of anilines is 2. The third-order valence-electron chi connectivity index (χ3n) is 2.87. The molecule has 0 aromatic carbocycles. The Labute approximate surface area is 130 Å². The molecule has 0 fully saturated rings. The highest BCUT2D eigenvalue weighted by Crippen LogP contribution is 2.25. The van der Waals surface area contributed by atoms with E-state index in [1.54, 1.807) is 4.57 Å². The van der Waals surface area contributed by atoms with Gasteiger partial charge in [0.1, 0.15) is 11.0 Å². The van der Waals surface area contributed by atoms with Crippen molar-refractivity contribution >= 4 is 40.1 Å². The maximum Gasteiger partial charge on any atom is 0.249 e. The summed E-state index contributed by atoms with van der Waals surface area (Å²) in [6.07, 6.45) is 3.23. The Kier molecular flexibility index (Phi) is 5.12. The van der Waals surface area contributed by atoms with Crippen LogP contribution < -0.4 is 11.1 Å². The van der Waals surface area contributed by atoms with E-state index in [0.717, 1.165) is 11.4 Å². The fraction of sp³-hybridized carbons (Fsp3) is 0.545. The molecule has 10 heteroatoms. The molecule has 1 atom stereocenters. The van der Waals surface area contributed by atoms with Crippen molar-refractivity contribution in [2.45, 2.75) is 37.9 Å². The first-order chi connectivity index (χ1) is 10.1. The zero-order valence-electron chi connectivity index (χ0n) is 12.0. The molecule has 2 heterocycles. The second-order valence-corrected chi connectivity index (χ2v) is 6.02. The Balaban J connectivity index is 2.20. The summed E-state index contributed by atoms with van der Waals surface area (Å²) >= 11 is 2.76. The number of rotatable bonds is 6. The van der Waals surface area contributed by atoms with E-state index < -0.39 is 6.04 Å². The largest absolute Gasteiger partial charge is 0.368 e. The Morgan fingerprint density at radius 3 is 2.71 bits per heavy atom. The van der Waals surface area contributed by atoms with Crippen LogP contribution in [0, 0.1) is 0 Å². The topological polar surface area (TPSA) is 112 Å². The Morgan fingerprint density at radius 1 is 1.38 bits per heavy atom. The molecule has 0 aliphatic heterocycles. The fourth-order valence-electron chi connectivity index (χ4n) is 1.84. The van der Waals surface area contributed by atoms with Crippen LogP contribution in [0.15, 0.2) is 5.16 Å². The maximum absolute atomic E-state index is 12.4. The third kappa shape index (κ3) is 3.32. The molecule has 2 aromatic rings. The highest BCUT2D eigenvalue weighted by molar-refractivity contribution is 7.98. The highest BCUT2D eigenvalue weighted by Gasteiger charge is 2.25. The van der Waals surface area contributed by atoms with Crippen LogP contribution in [-0.4, -0.2) is 37.1 Å². The van der Waals surface area contributed by atoms with E-state index in [9.17, 15) is 4.79 Å². The van der Waals surface area contributed by atoms with Gasteiger partial charge in [-0.25, -0.2) is 0 Å². The molecule has 114 valence electrons. The summed E-state index contributed by atoms with van der Waals surface area (Å²) in [7, 11) is 0. The lowest BCUT2D eigenvalue weighted by Gasteiger charge is -2.17. The first-order valence-electron chi connectivity index (χ1n) is 6.48. The van der Waals surface area contributed by atoms with E-state index in [0.29, 0.717) is 16.7 Å². The Hall–Kier alpha value is -1.68. The minimum absolute atomic E-state index is 0.196. The van der Waals surface area contributed by atoms with Crippen LogP contribution in [0.2, 0.25) is 0 Å². The summed E-state index contributed by atoms with van der Waals surface area (Å²) in [4.78, 5) is 12.4. The molecule has 0 saturated carbocycles. The van der Waals surface area contributed by atoms with Crippen molar-refractivity contribution in [1.29, 1.82) is 0 Å². The molecule has 1 unspecified atom stereocenters. The molecule has 1 amide bonds. The number of aromatic nitrogens is 5. The minimum atomic E-state index is -0.476. The van der Waals surface area contributed by atoms with Gasteiger partial charge in [-0.2, -0.15) is 0 Å². The van der Waals surface area contributed by atoms with Crippen LogP contribution in [-0.2, 0) is 11.2 Å². The van der Waals surface area contributed by atoms with Crippen molar-refractivity contribution in [1.82, 2.24) is 25.0 Å². The first-order valence-corrected chi connectivity index (χ1v) is 8.52. The van der Waals surface area contributed by atoms with E-state index in [4.69, 9.17) is 5.73 Å². The molecule has 2 rings (SSSR count). The third-order valence-corrected chi connectivity index (χ3v) is 4.50. The number of aryl methyl sites for hydroxylation is 1. The van der Waals surface area contributed by atoms with Crippen molar-refractivity contribution in [3.8, 4) is 0 Å². The van der Waals surface area contributed by atoms with Gasteiger partial charge in [0.05, 0.1) is 0 Å². The lowest BCUT2D eigenvalue weighted by Crippen LogP contribution is -2.27. The van der Waals surface area contributed by atoms with Crippen LogP contribution in [0.1, 0.15) is 31.3 Å². The fourth-order valence-corrected chi connectivity index (χ4v) is 3.06. The SMILES string of the molecule is CCc1nnc(NC(=O)C(CC)n2c(N)nnc2SC)s1. The Morgan fingerprint density at radius 2 is 2.14 bits per heavy atom. The lowest BCUT2D eigenvalue weighted by atomic mass is 10.2. The number of carbonyl (C=O) groups is 1. The number of hydrogen-bond acceptors (Lipinski definition) is 8. The molecule has 0 bridgehead atoms. The molecule has 2 aromatic heterocycles. The van der Waals surface area contributed by atoms with Crippen LogP contribution in [0.4, 0.5) is 11.1 Å². The summed E-state index contributed by atoms with van der Waals surface area (Å²) < 4.78 is 1.64. The number of hydrogen-bond donors (Lipinski definition) is 2. The zero-order chi connectivity index (χ0) is 15.4. The average Bonchev–Trinajstić information content (AvgIpc) is 3.07. The summed E-state index contributed by atoms with van der Waals surface area (Å²) in [6.45, 7) is 3.90. The predicted molar refractivity (Wildman–Crippen MR) is 83.5 cm³/mol. The smallest absolute Gasteiger partial charge is 0.249 e. The number of thioether (sulfide) groups is 1. The van der Waals surface area contributed by atoms with E-state index in [1.165, 1.54) is 23.1 Å². The van der Waals surface area contributed by atoms with Gasteiger partial charge in [-0.15, -0.1) is 20.4 Å². The molecular weight excluding hydrogens is 310 g/mol. The number of nitrogen functional groups attached to an aromatic ring is 1. The van der Waals surface area contributed by atoms with E-state index >= 15 is 0 Å². The molecule has 0 aliphatic carbocycles. The maximum atomic E-state index is 12.4. The quantitative estimate of drug-likeness (QED) is 0.775. The standard InChI is InChI=1S/C11H17N7OS2/c1-4-6(18-9(12)15-17-11(18)20-3)8(19)13-10-16-14-7(5-2)21-10/h6H,4-5H2,1-3H3,(H2,12,15)(H,13,16,19). The number of nitrogens with one attached hydrogen (secondary N) is 1. The first kappa shape index (κ1) is 15.7. The highest BCUT2D eigenvalue weighted by atomic mass is 32.2. The Bertz CT molecular complexity index is 624. The van der Waals surface area contributed by atoms with Crippen molar-refractivity contribution in [3.05, 3.63) is 5.01 Å². The molecule has 0 saturated heterocycles. The minimum Gasteiger partial charge on any atom is -0.368 e. The monoisotopic (exact) mass is 327 g/mol. The van der Waals surface area contributed by atoms with Gasteiger partial charge < -0.3 is 5.73 Å². The summed E-state index contributed by atoms with van der Waals surface area (Å²) in [5.41, 5.74) is 5.82. The number of amides is 1. The molecule has 0 radical (unpaired) electrons. The average molecular weight is 327 g/mol. The van der Waals surface area contributed by atoms with Crippen molar-refractivity contribution < 1.29 is 4.79 Å². The van der Waals surface area contributed by atoms with Gasteiger partial charge in [-0.05, 0) is 19.1 Å². The van der Waals surface area contributed by atoms with Gasteiger partial charge in [0, 0.05) is 0 Å². The van der Waals surface area contributed by atoms with Crippen LogP contribution in [0.3, 0.4) is 0 Å². The van der Waals surface area contributed by atoms with Crippen molar-refractivity contribution in [2.75, 3.05) is 17.3 Å². The molecule has 3 N–H and O–H groups in total. The second-order valence-electron chi connectivity index (χ2n) is 4.18. The molecular formula is C11H17N7OS2. The molecule has 21 heavy (non-hydrogen) atoms. The van der Waals surface area contributed by atoms with Gasteiger partial charge in [0.2, 0.25) is 17.0 Å². The molecule has 0 spiro atoms. The number of carbonyl (C=O) groups excluding carboxylic acids is 1. The zero-order valence-corrected chi connectivity index (χ0v) is 13.7. The van der Waals surface area contributed by atoms with Gasteiger partial charge in [0.25, 0.3) is 0 Å². The summed E-state index contributed by atoms with van der Waals surface area (Å²) in [6, 6.07) is -0.476. The summed E-state index contributed by atoms with van der Waals surface area (Å²) in [5, 5.41) is 20.5. The molecule has 0 aliphatic rings. The number of nitrogens with two attached hydrogens (primary N) is 1. The van der Waals surface area contributed by atoms with Gasteiger partial charge in [-0.1, -0.05) is 36.9 Å². The van der Waals surface area contributed by atoms with E-state index in [1.807, 2.05) is 20.1 Å². The van der Waals surface area contributed by atoms with Crippen molar-refractivity contribution in [2.24, 2.45) is 0 Å². The van der Waals surface area contributed by atoms with E-state index in [-0.39, 0.29) is 11.9 Å². The molecule has 8 nitrogen and oxygen atoms in total. The normalized spacial score (nSPS) is 12.3. The van der Waals surface area contributed by atoms with Gasteiger partial charge in [-0.3, -0.25) is 14.7 Å². The summed E-state index contributed by atoms with van der Waals surface area (Å²) in [5.74, 6) is 0.0333. The van der Waals surface area contributed by atoms with Crippen molar-refractivity contribution in [3.63, 3.8) is 0 Å². The van der Waals surface area contributed by atoms with E-state index in [2.05, 4.69) is 25.7 Å². The lowest BCUT2D eigenvalue weighted by molar-refractivity contribution is -0.119. The predicted octanol–water partition coefficient (Wildman–Crippen LogP) is 1.59.